The van der Waals surface area contributed by atoms with Crippen LogP contribution in [0, 0.1) is 19.8 Å². The Hall–Kier alpha value is -0.970. The van der Waals surface area contributed by atoms with E-state index in [-0.39, 0.29) is 25.4 Å². The largest absolute Gasteiger partial charge is 0.392 e. The van der Waals surface area contributed by atoms with Gasteiger partial charge in [-0.3, -0.25) is 4.68 Å². The highest BCUT2D eigenvalue weighted by atomic mass is 19.3. The molecule has 0 radical (unpaired) electrons. The molecular formula is C12H18F2N2O. The molecule has 0 amide bonds. The molecule has 1 fully saturated rings. The van der Waals surface area contributed by atoms with E-state index in [0.717, 1.165) is 17.0 Å². The van der Waals surface area contributed by atoms with Gasteiger partial charge >= 0.3 is 0 Å². The lowest BCUT2D eigenvalue weighted by molar-refractivity contribution is 0.00419. The van der Waals surface area contributed by atoms with Crippen LogP contribution in [0.3, 0.4) is 0 Å². The number of hydrogen-bond acceptors (Lipinski definition) is 2. The predicted molar refractivity (Wildman–Crippen MR) is 59.9 cm³/mol. The van der Waals surface area contributed by atoms with Crippen molar-refractivity contribution in [3.8, 4) is 0 Å². The van der Waals surface area contributed by atoms with Gasteiger partial charge in [-0.1, -0.05) is 0 Å². The minimum atomic E-state index is -2.50. The number of rotatable bonds is 3. The third kappa shape index (κ3) is 2.49. The number of aromatic nitrogens is 2. The number of alkyl halides is 2. The van der Waals surface area contributed by atoms with Gasteiger partial charge in [-0.05, 0) is 26.2 Å². The molecule has 2 rings (SSSR count). The molecule has 5 heteroatoms. The number of aryl methyl sites for hydroxylation is 1. The van der Waals surface area contributed by atoms with Gasteiger partial charge in [0, 0.05) is 30.6 Å². The highest BCUT2D eigenvalue weighted by Crippen LogP contribution is 2.39. The molecule has 0 spiro atoms. The summed E-state index contributed by atoms with van der Waals surface area (Å²) in [5.41, 5.74) is 2.49. The number of aliphatic hydroxyl groups is 1. The quantitative estimate of drug-likeness (QED) is 0.886. The van der Waals surface area contributed by atoms with Crippen molar-refractivity contribution >= 4 is 0 Å². The first-order chi connectivity index (χ1) is 7.93. The third-order valence-corrected chi connectivity index (χ3v) is 3.63. The van der Waals surface area contributed by atoms with Gasteiger partial charge < -0.3 is 5.11 Å². The number of aliphatic hydroxyl groups excluding tert-OH is 1. The summed E-state index contributed by atoms with van der Waals surface area (Å²) in [6.07, 6.45) is 0.503. The van der Waals surface area contributed by atoms with Gasteiger partial charge in [0.1, 0.15) is 0 Å². The minimum absolute atomic E-state index is 0.00505. The number of halogens is 2. The Bertz CT molecular complexity index is 415. The summed E-state index contributed by atoms with van der Waals surface area (Å²) in [6.45, 7) is 4.19. The van der Waals surface area contributed by atoms with Gasteiger partial charge in [-0.25, -0.2) is 8.78 Å². The van der Waals surface area contributed by atoms with Crippen molar-refractivity contribution in [1.82, 2.24) is 9.78 Å². The van der Waals surface area contributed by atoms with E-state index in [1.165, 1.54) is 0 Å². The SMILES string of the molecule is Cc1nn(CC2CCC(F)(F)C2)c(C)c1CO. The van der Waals surface area contributed by atoms with Gasteiger partial charge in [0.2, 0.25) is 5.92 Å². The zero-order valence-electron chi connectivity index (χ0n) is 10.2. The van der Waals surface area contributed by atoms with Crippen LogP contribution in [-0.2, 0) is 13.2 Å². The first-order valence-corrected chi connectivity index (χ1v) is 5.94. The Morgan fingerprint density at radius 3 is 2.65 bits per heavy atom. The van der Waals surface area contributed by atoms with E-state index in [0.29, 0.717) is 13.0 Å². The molecular weight excluding hydrogens is 226 g/mol. The summed E-state index contributed by atoms with van der Waals surface area (Å²) in [6, 6.07) is 0. The molecule has 0 aromatic carbocycles. The molecule has 1 heterocycles. The van der Waals surface area contributed by atoms with Crippen molar-refractivity contribution in [1.29, 1.82) is 0 Å². The van der Waals surface area contributed by atoms with E-state index in [2.05, 4.69) is 5.10 Å². The van der Waals surface area contributed by atoms with Crippen LogP contribution in [-0.4, -0.2) is 20.8 Å². The second kappa shape index (κ2) is 4.37. The molecule has 1 aromatic rings. The normalized spacial score (nSPS) is 23.2. The Morgan fingerprint density at radius 1 is 1.47 bits per heavy atom. The van der Waals surface area contributed by atoms with E-state index in [9.17, 15) is 13.9 Å². The lowest BCUT2D eigenvalue weighted by atomic mass is 10.1. The average molecular weight is 244 g/mol. The van der Waals surface area contributed by atoms with Crippen LogP contribution in [0.15, 0.2) is 0 Å². The van der Waals surface area contributed by atoms with E-state index in [1.54, 1.807) is 4.68 Å². The van der Waals surface area contributed by atoms with Crippen LogP contribution in [0.5, 0.6) is 0 Å². The van der Waals surface area contributed by atoms with Crippen LogP contribution in [0.1, 0.15) is 36.2 Å². The second-order valence-corrected chi connectivity index (χ2v) is 4.95. The van der Waals surface area contributed by atoms with Crippen molar-refractivity contribution < 1.29 is 13.9 Å². The summed E-state index contributed by atoms with van der Waals surface area (Å²) in [4.78, 5) is 0. The maximum absolute atomic E-state index is 13.1. The summed E-state index contributed by atoms with van der Waals surface area (Å²) >= 11 is 0. The summed E-state index contributed by atoms with van der Waals surface area (Å²) in [7, 11) is 0. The molecule has 0 aliphatic heterocycles. The van der Waals surface area contributed by atoms with Crippen molar-refractivity contribution in [3.63, 3.8) is 0 Å². The molecule has 1 unspecified atom stereocenters. The fourth-order valence-corrected chi connectivity index (χ4v) is 2.58. The first-order valence-electron chi connectivity index (χ1n) is 5.94. The van der Waals surface area contributed by atoms with E-state index < -0.39 is 5.92 Å². The molecule has 1 atom stereocenters. The maximum Gasteiger partial charge on any atom is 0.248 e. The van der Waals surface area contributed by atoms with Crippen LogP contribution < -0.4 is 0 Å². The highest BCUT2D eigenvalue weighted by Gasteiger charge is 2.39. The molecule has 17 heavy (non-hydrogen) atoms. The summed E-state index contributed by atoms with van der Waals surface area (Å²) < 4.78 is 27.9. The number of hydrogen-bond donors (Lipinski definition) is 1. The highest BCUT2D eigenvalue weighted by molar-refractivity contribution is 5.23. The van der Waals surface area contributed by atoms with Crippen LogP contribution in [0.4, 0.5) is 8.78 Å². The molecule has 3 nitrogen and oxygen atoms in total. The van der Waals surface area contributed by atoms with Gasteiger partial charge in [0.25, 0.3) is 0 Å². The molecule has 1 saturated carbocycles. The predicted octanol–water partition coefficient (Wildman–Crippen LogP) is 2.43. The standard InChI is InChI=1S/C12H18F2N2O/c1-8-11(7-17)9(2)16(15-8)6-10-3-4-12(13,14)5-10/h10,17H,3-7H2,1-2H3. The molecule has 1 N–H and O–H groups in total. The first kappa shape index (κ1) is 12.5. The Balaban J connectivity index is 2.10. The monoisotopic (exact) mass is 244 g/mol. The van der Waals surface area contributed by atoms with Gasteiger partial charge in [-0.15, -0.1) is 0 Å². The van der Waals surface area contributed by atoms with Crippen molar-refractivity contribution in [2.45, 2.75) is 52.2 Å². The number of nitrogens with zero attached hydrogens (tertiary/aromatic N) is 2. The average Bonchev–Trinajstić information content (AvgIpc) is 2.69. The van der Waals surface area contributed by atoms with Crippen molar-refractivity contribution in [2.24, 2.45) is 5.92 Å². The van der Waals surface area contributed by atoms with Crippen LogP contribution in [0.25, 0.3) is 0 Å². The molecule has 1 aliphatic carbocycles. The molecule has 0 bridgehead atoms. The molecule has 96 valence electrons. The van der Waals surface area contributed by atoms with Gasteiger partial charge in [-0.2, -0.15) is 5.10 Å². The zero-order chi connectivity index (χ0) is 12.6. The fourth-order valence-electron chi connectivity index (χ4n) is 2.58. The minimum Gasteiger partial charge on any atom is -0.392 e. The Labute approximate surface area is 99.4 Å². The Kier molecular flexibility index (Phi) is 3.21. The smallest absolute Gasteiger partial charge is 0.248 e. The summed E-state index contributed by atoms with van der Waals surface area (Å²) in [5, 5.41) is 13.5. The molecule has 1 aromatic heterocycles. The van der Waals surface area contributed by atoms with Crippen molar-refractivity contribution in [3.05, 3.63) is 17.0 Å². The molecule has 0 saturated heterocycles. The maximum atomic E-state index is 13.1. The summed E-state index contributed by atoms with van der Waals surface area (Å²) in [5.74, 6) is -2.50. The zero-order valence-corrected chi connectivity index (χ0v) is 10.2. The third-order valence-electron chi connectivity index (χ3n) is 3.63. The van der Waals surface area contributed by atoms with E-state index in [1.807, 2.05) is 13.8 Å². The van der Waals surface area contributed by atoms with Crippen LogP contribution >= 0.6 is 0 Å². The van der Waals surface area contributed by atoms with Crippen molar-refractivity contribution in [2.75, 3.05) is 0 Å². The second-order valence-electron chi connectivity index (χ2n) is 4.95. The molecule has 1 aliphatic rings. The lowest BCUT2D eigenvalue weighted by Crippen LogP contribution is -2.14. The van der Waals surface area contributed by atoms with Crippen LogP contribution in [0.2, 0.25) is 0 Å². The fraction of sp³-hybridized carbons (Fsp3) is 0.750. The topological polar surface area (TPSA) is 38.0 Å². The van der Waals surface area contributed by atoms with E-state index in [4.69, 9.17) is 0 Å². The van der Waals surface area contributed by atoms with E-state index >= 15 is 0 Å². The van der Waals surface area contributed by atoms with Gasteiger partial charge in [0.15, 0.2) is 0 Å². The van der Waals surface area contributed by atoms with Gasteiger partial charge in [0.05, 0.1) is 12.3 Å². The Morgan fingerprint density at radius 2 is 2.18 bits per heavy atom. The lowest BCUT2D eigenvalue weighted by Gasteiger charge is -2.12.